The molecule has 0 saturated carbocycles. The maximum absolute atomic E-state index is 9.70. The van der Waals surface area contributed by atoms with Crippen LogP contribution in [0.15, 0.2) is 18.2 Å². The summed E-state index contributed by atoms with van der Waals surface area (Å²) in [7, 11) is 0. The first-order valence-corrected chi connectivity index (χ1v) is 7.03. The SMILES string of the molecule is CCOc1cc(-c2nc(C)c(C(C)N)s2)ccc1O. The normalized spacial score (nSPS) is 12.4. The zero-order valence-corrected chi connectivity index (χ0v) is 12.1. The molecule has 2 aromatic rings. The van der Waals surface area contributed by atoms with Crippen molar-refractivity contribution in [1.82, 2.24) is 4.98 Å². The molecule has 5 heteroatoms. The molecule has 19 heavy (non-hydrogen) atoms. The van der Waals surface area contributed by atoms with Crippen molar-refractivity contribution in [3.8, 4) is 22.1 Å². The molecule has 4 nitrogen and oxygen atoms in total. The third-order valence-corrected chi connectivity index (χ3v) is 4.16. The van der Waals surface area contributed by atoms with Crippen molar-refractivity contribution < 1.29 is 9.84 Å². The van der Waals surface area contributed by atoms with Crippen LogP contribution in [-0.4, -0.2) is 16.7 Å². The van der Waals surface area contributed by atoms with Crippen molar-refractivity contribution >= 4 is 11.3 Å². The molecule has 0 amide bonds. The van der Waals surface area contributed by atoms with Crippen molar-refractivity contribution in [3.63, 3.8) is 0 Å². The molecule has 0 radical (unpaired) electrons. The van der Waals surface area contributed by atoms with Crippen LogP contribution in [0.2, 0.25) is 0 Å². The molecule has 1 aromatic heterocycles. The topological polar surface area (TPSA) is 68.4 Å². The standard InChI is InChI=1S/C14H18N2O2S/c1-4-18-12-7-10(5-6-11(12)17)14-16-9(3)13(19-14)8(2)15/h5-8,17H,4,15H2,1-3H3. The quantitative estimate of drug-likeness (QED) is 0.901. The molecular formula is C14H18N2O2S. The lowest BCUT2D eigenvalue weighted by molar-refractivity contribution is 0.318. The summed E-state index contributed by atoms with van der Waals surface area (Å²) in [5.74, 6) is 0.626. The summed E-state index contributed by atoms with van der Waals surface area (Å²) in [6.07, 6.45) is 0. The monoisotopic (exact) mass is 278 g/mol. The average molecular weight is 278 g/mol. The molecule has 1 unspecified atom stereocenters. The minimum absolute atomic E-state index is 0.0188. The highest BCUT2D eigenvalue weighted by atomic mass is 32.1. The largest absolute Gasteiger partial charge is 0.504 e. The van der Waals surface area contributed by atoms with E-state index in [0.717, 1.165) is 21.1 Å². The molecule has 0 aliphatic carbocycles. The molecule has 3 N–H and O–H groups in total. The van der Waals surface area contributed by atoms with Crippen molar-refractivity contribution in [1.29, 1.82) is 0 Å². The number of aryl methyl sites for hydroxylation is 1. The van der Waals surface area contributed by atoms with Crippen LogP contribution >= 0.6 is 11.3 Å². The molecule has 0 bridgehead atoms. The van der Waals surface area contributed by atoms with E-state index >= 15 is 0 Å². The van der Waals surface area contributed by atoms with E-state index in [4.69, 9.17) is 10.5 Å². The van der Waals surface area contributed by atoms with Gasteiger partial charge >= 0.3 is 0 Å². The van der Waals surface area contributed by atoms with Crippen LogP contribution in [0, 0.1) is 6.92 Å². The van der Waals surface area contributed by atoms with Gasteiger partial charge in [0.25, 0.3) is 0 Å². The van der Waals surface area contributed by atoms with E-state index in [2.05, 4.69) is 4.98 Å². The molecular weight excluding hydrogens is 260 g/mol. The Morgan fingerprint density at radius 3 is 2.79 bits per heavy atom. The zero-order chi connectivity index (χ0) is 14.0. The van der Waals surface area contributed by atoms with Crippen LogP contribution in [0.25, 0.3) is 10.6 Å². The van der Waals surface area contributed by atoms with Crippen LogP contribution in [0.1, 0.15) is 30.5 Å². The Balaban J connectivity index is 2.41. The van der Waals surface area contributed by atoms with E-state index in [1.165, 1.54) is 0 Å². The van der Waals surface area contributed by atoms with E-state index in [1.54, 1.807) is 17.4 Å². The van der Waals surface area contributed by atoms with Gasteiger partial charge < -0.3 is 15.6 Å². The second-order valence-corrected chi connectivity index (χ2v) is 5.40. The van der Waals surface area contributed by atoms with Gasteiger partial charge in [-0.25, -0.2) is 4.98 Å². The number of aromatic hydroxyl groups is 1. The molecule has 0 spiro atoms. The van der Waals surface area contributed by atoms with Crippen molar-refractivity contribution in [2.45, 2.75) is 26.8 Å². The minimum Gasteiger partial charge on any atom is -0.504 e. The second kappa shape index (κ2) is 5.59. The Bertz CT molecular complexity index is 579. The lowest BCUT2D eigenvalue weighted by Gasteiger charge is -2.06. The van der Waals surface area contributed by atoms with Gasteiger partial charge in [-0.2, -0.15) is 0 Å². The molecule has 1 heterocycles. The van der Waals surface area contributed by atoms with Gasteiger partial charge in [0.2, 0.25) is 0 Å². The van der Waals surface area contributed by atoms with Crippen LogP contribution < -0.4 is 10.5 Å². The number of phenolic OH excluding ortho intramolecular Hbond substituents is 1. The van der Waals surface area contributed by atoms with Gasteiger partial charge in [0.1, 0.15) is 5.01 Å². The Hall–Kier alpha value is -1.59. The van der Waals surface area contributed by atoms with E-state index in [9.17, 15) is 5.11 Å². The number of thiazole rings is 1. The number of nitrogens with zero attached hydrogens (tertiary/aromatic N) is 1. The molecule has 1 atom stereocenters. The lowest BCUT2D eigenvalue weighted by Crippen LogP contribution is -2.03. The average Bonchev–Trinajstić information content (AvgIpc) is 2.74. The predicted octanol–water partition coefficient (Wildman–Crippen LogP) is 3.24. The predicted molar refractivity (Wildman–Crippen MR) is 77.7 cm³/mol. The van der Waals surface area contributed by atoms with Gasteiger partial charge in [0, 0.05) is 16.5 Å². The first-order chi connectivity index (χ1) is 9.02. The molecule has 0 fully saturated rings. The fraction of sp³-hybridized carbons (Fsp3) is 0.357. The van der Waals surface area contributed by atoms with Gasteiger partial charge in [-0.05, 0) is 39.0 Å². The summed E-state index contributed by atoms with van der Waals surface area (Å²) in [5.41, 5.74) is 7.80. The number of rotatable bonds is 4. The second-order valence-electron chi connectivity index (χ2n) is 4.37. The van der Waals surface area contributed by atoms with E-state index in [-0.39, 0.29) is 11.8 Å². The van der Waals surface area contributed by atoms with Gasteiger partial charge in [-0.15, -0.1) is 11.3 Å². The van der Waals surface area contributed by atoms with Crippen LogP contribution in [0.5, 0.6) is 11.5 Å². The van der Waals surface area contributed by atoms with Gasteiger partial charge in [-0.3, -0.25) is 0 Å². The Labute approximate surface area is 116 Å². The fourth-order valence-electron chi connectivity index (χ4n) is 1.87. The number of hydrogen-bond donors (Lipinski definition) is 2. The highest BCUT2D eigenvalue weighted by molar-refractivity contribution is 7.15. The number of nitrogens with two attached hydrogens (primary N) is 1. The summed E-state index contributed by atoms with van der Waals surface area (Å²) in [5, 5.41) is 10.6. The summed E-state index contributed by atoms with van der Waals surface area (Å²) in [6.45, 7) is 6.31. The van der Waals surface area contributed by atoms with Crippen molar-refractivity contribution in [3.05, 3.63) is 28.8 Å². The number of phenols is 1. The summed E-state index contributed by atoms with van der Waals surface area (Å²) in [4.78, 5) is 5.62. The summed E-state index contributed by atoms with van der Waals surface area (Å²) in [6, 6.07) is 5.25. The first kappa shape index (κ1) is 13.8. The smallest absolute Gasteiger partial charge is 0.161 e. The highest BCUT2D eigenvalue weighted by Crippen LogP contribution is 2.35. The molecule has 2 rings (SSSR count). The van der Waals surface area contributed by atoms with Crippen LogP contribution in [0.3, 0.4) is 0 Å². The Kier molecular flexibility index (Phi) is 4.07. The third-order valence-electron chi connectivity index (χ3n) is 2.75. The molecule has 102 valence electrons. The fourth-order valence-corrected chi connectivity index (χ4v) is 2.89. The van der Waals surface area contributed by atoms with Crippen molar-refractivity contribution in [2.75, 3.05) is 6.61 Å². The van der Waals surface area contributed by atoms with Crippen LogP contribution in [0.4, 0.5) is 0 Å². The Morgan fingerprint density at radius 2 is 2.21 bits per heavy atom. The van der Waals surface area contributed by atoms with Gasteiger partial charge in [-0.1, -0.05) is 0 Å². The first-order valence-electron chi connectivity index (χ1n) is 6.22. The maximum atomic E-state index is 9.70. The van der Waals surface area contributed by atoms with E-state index < -0.39 is 0 Å². The zero-order valence-electron chi connectivity index (χ0n) is 11.3. The number of aromatic nitrogens is 1. The molecule has 0 aliphatic heterocycles. The molecule has 0 aliphatic rings. The van der Waals surface area contributed by atoms with E-state index in [0.29, 0.717) is 12.4 Å². The lowest BCUT2D eigenvalue weighted by atomic mass is 10.2. The molecule has 1 aromatic carbocycles. The molecule has 0 saturated heterocycles. The highest BCUT2D eigenvalue weighted by Gasteiger charge is 2.14. The third kappa shape index (κ3) is 2.88. The van der Waals surface area contributed by atoms with E-state index in [1.807, 2.05) is 32.9 Å². The minimum atomic E-state index is -0.0188. The van der Waals surface area contributed by atoms with Gasteiger partial charge in [0.15, 0.2) is 11.5 Å². The maximum Gasteiger partial charge on any atom is 0.161 e. The van der Waals surface area contributed by atoms with Crippen molar-refractivity contribution in [2.24, 2.45) is 5.73 Å². The summed E-state index contributed by atoms with van der Waals surface area (Å²) < 4.78 is 5.39. The Morgan fingerprint density at radius 1 is 1.47 bits per heavy atom. The van der Waals surface area contributed by atoms with Gasteiger partial charge in [0.05, 0.1) is 12.3 Å². The summed E-state index contributed by atoms with van der Waals surface area (Å²) >= 11 is 1.58. The number of ether oxygens (including phenoxy) is 1. The number of hydrogen-bond acceptors (Lipinski definition) is 5. The van der Waals surface area contributed by atoms with Crippen LogP contribution in [-0.2, 0) is 0 Å². The number of benzene rings is 1.